The summed E-state index contributed by atoms with van der Waals surface area (Å²) >= 11 is 0.834. The normalized spacial score (nSPS) is 24.6. The molecule has 0 spiro atoms. The highest BCUT2D eigenvalue weighted by Crippen LogP contribution is 2.51. The van der Waals surface area contributed by atoms with Crippen LogP contribution in [0.2, 0.25) is 0 Å². The van der Waals surface area contributed by atoms with Crippen molar-refractivity contribution >= 4 is 44.8 Å². The van der Waals surface area contributed by atoms with Gasteiger partial charge in [-0.25, -0.2) is 4.39 Å². The van der Waals surface area contributed by atoms with E-state index in [4.69, 9.17) is 9.26 Å². The standard InChI is InChI=1S/C22H22F4N4O3S2/c1-21(2)8-14(11(23)9-32-21)27-12-5-3-4-10-16(12)34-18(17(10)35-22(24,25)26)19-29-20(33-30-19)13-6-7-15(31)28-13/h3-5,11,13-14,27H,6-9H2,1-2H3,(H,28,31). The summed E-state index contributed by atoms with van der Waals surface area (Å²) in [5.41, 5.74) is -4.55. The molecule has 7 nitrogen and oxygen atoms in total. The van der Waals surface area contributed by atoms with Gasteiger partial charge in [0.1, 0.15) is 12.2 Å². The fraction of sp³-hybridized carbons (Fsp3) is 0.500. The van der Waals surface area contributed by atoms with Gasteiger partial charge in [0.15, 0.2) is 0 Å². The summed E-state index contributed by atoms with van der Waals surface area (Å²) in [7, 11) is 0. The Hall–Kier alpha value is -2.38. The number of nitrogens with one attached hydrogen (secondary N) is 2. The molecule has 35 heavy (non-hydrogen) atoms. The highest BCUT2D eigenvalue weighted by Gasteiger charge is 2.38. The zero-order valence-corrected chi connectivity index (χ0v) is 20.4. The van der Waals surface area contributed by atoms with E-state index in [1.807, 2.05) is 13.8 Å². The smallest absolute Gasteiger partial charge is 0.378 e. The molecule has 5 rings (SSSR count). The Morgan fingerprint density at radius 3 is 2.83 bits per heavy atom. The first kappa shape index (κ1) is 24.3. The largest absolute Gasteiger partial charge is 0.446 e. The molecule has 0 radical (unpaired) electrons. The number of alkyl halides is 4. The van der Waals surface area contributed by atoms with E-state index >= 15 is 0 Å². The van der Waals surface area contributed by atoms with Crippen LogP contribution in [0.5, 0.6) is 0 Å². The van der Waals surface area contributed by atoms with E-state index < -0.39 is 29.4 Å². The van der Waals surface area contributed by atoms with Crippen molar-refractivity contribution in [3.8, 4) is 10.7 Å². The maximum atomic E-state index is 14.6. The van der Waals surface area contributed by atoms with Gasteiger partial charge in [0.05, 0.1) is 33.5 Å². The second-order valence-corrected chi connectivity index (χ2v) is 11.2. The third-order valence-electron chi connectivity index (χ3n) is 5.95. The number of thioether (sulfide) groups is 1. The van der Waals surface area contributed by atoms with Gasteiger partial charge in [-0.2, -0.15) is 18.2 Å². The molecule has 0 saturated carbocycles. The molecule has 2 aliphatic heterocycles. The number of nitrogens with zero attached hydrogens (tertiary/aromatic N) is 2. The summed E-state index contributed by atoms with van der Waals surface area (Å²) in [6.45, 7) is 3.68. The average molecular weight is 531 g/mol. The third kappa shape index (κ3) is 5.12. The Bertz CT molecular complexity index is 1260. The summed E-state index contributed by atoms with van der Waals surface area (Å²) in [6, 6.07) is 3.92. The van der Waals surface area contributed by atoms with Crippen molar-refractivity contribution in [2.75, 3.05) is 11.9 Å². The van der Waals surface area contributed by atoms with E-state index in [1.54, 1.807) is 18.2 Å². The van der Waals surface area contributed by atoms with E-state index in [0.717, 1.165) is 11.3 Å². The van der Waals surface area contributed by atoms with Gasteiger partial charge in [-0.3, -0.25) is 4.79 Å². The van der Waals surface area contributed by atoms with Crippen LogP contribution >= 0.6 is 23.1 Å². The van der Waals surface area contributed by atoms with Crippen LogP contribution in [0.25, 0.3) is 20.8 Å². The molecule has 2 saturated heterocycles. The van der Waals surface area contributed by atoms with Gasteiger partial charge >= 0.3 is 5.51 Å². The molecule has 4 heterocycles. The van der Waals surface area contributed by atoms with Crippen molar-refractivity contribution in [3.63, 3.8) is 0 Å². The number of hydrogen-bond donors (Lipinski definition) is 2. The molecule has 2 N–H and O–H groups in total. The van der Waals surface area contributed by atoms with Gasteiger partial charge in [-0.15, -0.1) is 11.3 Å². The number of rotatable bonds is 5. The molecular formula is C22H22F4N4O3S2. The minimum Gasteiger partial charge on any atom is -0.378 e. The predicted molar refractivity (Wildman–Crippen MR) is 124 cm³/mol. The molecule has 0 aliphatic carbocycles. The molecule has 3 aromatic rings. The summed E-state index contributed by atoms with van der Waals surface area (Å²) < 4.78 is 66.5. The SMILES string of the molecule is CC1(C)CC(Nc2cccc3c(SC(F)(F)F)c(-c4noc(C5CCC(=O)N5)n4)sc23)C(F)CO1. The number of anilines is 1. The van der Waals surface area contributed by atoms with Gasteiger partial charge in [0.2, 0.25) is 17.6 Å². The minimum absolute atomic E-state index is 0.00983. The maximum absolute atomic E-state index is 14.6. The van der Waals surface area contributed by atoms with Crippen molar-refractivity contribution in [2.24, 2.45) is 0 Å². The number of thiophene rings is 1. The minimum atomic E-state index is -4.55. The first-order valence-electron chi connectivity index (χ1n) is 11.0. The Kier molecular flexibility index (Phi) is 6.20. The van der Waals surface area contributed by atoms with Crippen LogP contribution in [0.4, 0.5) is 23.2 Å². The van der Waals surface area contributed by atoms with E-state index in [0.29, 0.717) is 35.0 Å². The van der Waals surface area contributed by atoms with E-state index in [9.17, 15) is 22.4 Å². The Morgan fingerprint density at radius 2 is 2.11 bits per heavy atom. The lowest BCUT2D eigenvalue weighted by Gasteiger charge is -2.38. The number of fused-ring (bicyclic) bond motifs is 1. The molecule has 2 fully saturated rings. The van der Waals surface area contributed by atoms with Crippen molar-refractivity contribution in [2.45, 2.75) is 67.4 Å². The predicted octanol–water partition coefficient (Wildman–Crippen LogP) is 5.83. The number of carbonyl (C=O) groups excluding carboxylic acids is 1. The van der Waals surface area contributed by atoms with Crippen molar-refractivity contribution in [1.29, 1.82) is 0 Å². The molecule has 188 valence electrons. The maximum Gasteiger partial charge on any atom is 0.446 e. The first-order chi connectivity index (χ1) is 16.5. The average Bonchev–Trinajstić information content (AvgIpc) is 3.49. The van der Waals surface area contributed by atoms with E-state index in [-0.39, 0.29) is 45.8 Å². The second kappa shape index (κ2) is 8.93. The number of carbonyl (C=O) groups is 1. The molecule has 2 aliphatic rings. The quantitative estimate of drug-likeness (QED) is 0.317. The van der Waals surface area contributed by atoms with Crippen LogP contribution < -0.4 is 10.6 Å². The topological polar surface area (TPSA) is 89.3 Å². The molecule has 3 unspecified atom stereocenters. The number of amides is 1. The van der Waals surface area contributed by atoms with E-state index in [1.165, 1.54) is 0 Å². The number of hydrogen-bond acceptors (Lipinski definition) is 8. The van der Waals surface area contributed by atoms with E-state index in [2.05, 4.69) is 20.8 Å². The number of benzene rings is 1. The molecule has 13 heteroatoms. The first-order valence-corrected chi connectivity index (χ1v) is 12.6. The van der Waals surface area contributed by atoms with Crippen LogP contribution in [-0.4, -0.2) is 46.0 Å². The van der Waals surface area contributed by atoms with Crippen LogP contribution in [-0.2, 0) is 9.53 Å². The monoisotopic (exact) mass is 530 g/mol. The van der Waals surface area contributed by atoms with Gasteiger partial charge < -0.3 is 19.9 Å². The highest BCUT2D eigenvalue weighted by molar-refractivity contribution is 8.00. The lowest BCUT2D eigenvalue weighted by Crippen LogP contribution is -2.47. The third-order valence-corrected chi connectivity index (χ3v) is 8.17. The number of aromatic nitrogens is 2. The van der Waals surface area contributed by atoms with Gasteiger partial charge in [-0.1, -0.05) is 17.3 Å². The summed E-state index contributed by atoms with van der Waals surface area (Å²) in [5, 5.41) is 10.2. The summed E-state index contributed by atoms with van der Waals surface area (Å²) in [6.07, 6.45) is -0.0812. The van der Waals surface area contributed by atoms with Crippen molar-refractivity contribution < 1.29 is 31.6 Å². The van der Waals surface area contributed by atoms with Gasteiger partial charge in [0, 0.05) is 16.7 Å². The Balaban J connectivity index is 1.54. The van der Waals surface area contributed by atoms with Crippen LogP contribution in [0.1, 0.15) is 45.0 Å². The molecular weight excluding hydrogens is 508 g/mol. The summed E-state index contributed by atoms with van der Waals surface area (Å²) in [5.74, 6) is 0.00744. The highest BCUT2D eigenvalue weighted by atomic mass is 32.2. The van der Waals surface area contributed by atoms with Crippen LogP contribution in [0.15, 0.2) is 27.6 Å². The molecule has 3 atom stereocenters. The molecule has 0 bridgehead atoms. The van der Waals surface area contributed by atoms with Crippen molar-refractivity contribution in [3.05, 3.63) is 24.1 Å². The molecule has 1 amide bonds. The van der Waals surface area contributed by atoms with Crippen LogP contribution in [0, 0.1) is 0 Å². The summed E-state index contributed by atoms with van der Waals surface area (Å²) in [4.78, 5) is 16.0. The Labute approximate surface area is 206 Å². The Morgan fingerprint density at radius 1 is 1.31 bits per heavy atom. The number of ether oxygens (including phenoxy) is 1. The fourth-order valence-corrected chi connectivity index (χ4v) is 6.43. The van der Waals surface area contributed by atoms with Crippen molar-refractivity contribution in [1.82, 2.24) is 15.5 Å². The lowest BCUT2D eigenvalue weighted by atomic mass is 9.92. The lowest BCUT2D eigenvalue weighted by molar-refractivity contribution is -0.119. The molecule has 1 aromatic carbocycles. The molecule has 2 aromatic heterocycles. The number of halogens is 4. The fourth-order valence-electron chi connectivity index (χ4n) is 4.32. The zero-order chi connectivity index (χ0) is 25.0. The van der Waals surface area contributed by atoms with Gasteiger partial charge in [-0.05, 0) is 44.5 Å². The zero-order valence-electron chi connectivity index (χ0n) is 18.7. The van der Waals surface area contributed by atoms with Gasteiger partial charge in [0.25, 0.3) is 0 Å². The van der Waals surface area contributed by atoms with Crippen LogP contribution in [0.3, 0.4) is 0 Å². The second-order valence-electron chi connectivity index (χ2n) is 9.15.